The summed E-state index contributed by atoms with van der Waals surface area (Å²) in [6.07, 6.45) is 6.77. The van der Waals surface area contributed by atoms with Gasteiger partial charge in [-0.05, 0) is 43.2 Å². The van der Waals surface area contributed by atoms with Crippen LogP contribution in [0.4, 0.5) is 0 Å². The lowest BCUT2D eigenvalue weighted by molar-refractivity contribution is -0.123. The van der Waals surface area contributed by atoms with Crippen LogP contribution in [0, 0.1) is 11.8 Å². The number of hydrogen-bond donors (Lipinski definition) is 1. The first-order valence-electron chi connectivity index (χ1n) is 9.85. The third-order valence-corrected chi connectivity index (χ3v) is 7.81. The second kappa shape index (κ2) is 8.53. The van der Waals surface area contributed by atoms with Crippen LogP contribution in [0.5, 0.6) is 0 Å². The highest BCUT2D eigenvalue weighted by atomic mass is 32.2. The Hall–Kier alpha value is -1.40. The molecule has 0 spiro atoms. The van der Waals surface area contributed by atoms with E-state index in [-0.39, 0.29) is 17.7 Å². The van der Waals surface area contributed by atoms with Gasteiger partial charge in [0, 0.05) is 25.6 Å². The summed E-state index contributed by atoms with van der Waals surface area (Å²) in [4.78, 5) is 12.7. The molecule has 1 aromatic rings. The molecule has 0 aromatic heterocycles. The summed E-state index contributed by atoms with van der Waals surface area (Å²) in [7, 11) is -3.44. The van der Waals surface area contributed by atoms with Crippen LogP contribution in [0.15, 0.2) is 35.2 Å². The zero-order chi connectivity index (χ0) is 18.6. The highest BCUT2D eigenvalue weighted by Crippen LogP contribution is 2.32. The van der Waals surface area contributed by atoms with Crippen LogP contribution in [-0.2, 0) is 14.8 Å². The first-order chi connectivity index (χ1) is 12.5. The molecular weight excluding hydrogens is 348 g/mol. The molecule has 6 heteroatoms. The highest BCUT2D eigenvalue weighted by Gasteiger charge is 2.35. The third-order valence-electron chi connectivity index (χ3n) is 5.93. The number of hydrogen-bond acceptors (Lipinski definition) is 3. The molecule has 1 N–H and O–H groups in total. The van der Waals surface area contributed by atoms with Gasteiger partial charge in [-0.25, -0.2) is 8.42 Å². The molecule has 0 bridgehead atoms. The molecule has 1 saturated carbocycles. The standard InChI is InChI=1S/C20H30N2O3S/c1-2-16-15-22(26(24,25)19-10-4-3-5-11-19)13-12-17(16)14-20(23)21-18-8-6-7-9-18/h3-5,10-11,16-18H,2,6-9,12-15H2,1H3,(H,21,23)/t16-,17+/m1/s1. The van der Waals surface area contributed by atoms with Crippen LogP contribution in [0.25, 0.3) is 0 Å². The maximum atomic E-state index is 12.9. The number of amides is 1. The van der Waals surface area contributed by atoms with E-state index < -0.39 is 10.0 Å². The van der Waals surface area contributed by atoms with Crippen molar-refractivity contribution < 1.29 is 13.2 Å². The van der Waals surface area contributed by atoms with Crippen molar-refractivity contribution in [2.45, 2.75) is 62.8 Å². The minimum Gasteiger partial charge on any atom is -0.353 e. The average Bonchev–Trinajstić information content (AvgIpc) is 3.15. The SMILES string of the molecule is CC[C@@H]1CN(S(=O)(=O)c2ccccc2)CC[C@H]1CC(=O)NC1CCCC1. The lowest BCUT2D eigenvalue weighted by atomic mass is 9.82. The first-order valence-corrected chi connectivity index (χ1v) is 11.3. The zero-order valence-corrected chi connectivity index (χ0v) is 16.4. The van der Waals surface area contributed by atoms with Crippen LogP contribution in [0.1, 0.15) is 51.9 Å². The summed E-state index contributed by atoms with van der Waals surface area (Å²) < 4.78 is 27.3. The number of carbonyl (C=O) groups excluding carboxylic acids is 1. The van der Waals surface area contributed by atoms with E-state index in [4.69, 9.17) is 0 Å². The maximum absolute atomic E-state index is 12.9. The predicted octanol–water partition coefficient (Wildman–Crippen LogP) is 3.17. The van der Waals surface area contributed by atoms with Crippen LogP contribution in [-0.4, -0.2) is 37.8 Å². The lowest BCUT2D eigenvalue weighted by Crippen LogP contribution is -2.45. The molecule has 1 amide bonds. The second-order valence-electron chi connectivity index (χ2n) is 7.65. The number of benzene rings is 1. The molecule has 144 valence electrons. The van der Waals surface area contributed by atoms with Gasteiger partial charge in [-0.2, -0.15) is 4.31 Å². The lowest BCUT2D eigenvalue weighted by Gasteiger charge is -2.37. The van der Waals surface area contributed by atoms with Crippen molar-refractivity contribution in [3.8, 4) is 0 Å². The van der Waals surface area contributed by atoms with Crippen LogP contribution >= 0.6 is 0 Å². The number of nitrogens with one attached hydrogen (secondary N) is 1. The van der Waals surface area contributed by atoms with E-state index in [1.165, 1.54) is 12.8 Å². The van der Waals surface area contributed by atoms with Crippen molar-refractivity contribution in [1.82, 2.24) is 9.62 Å². The van der Waals surface area contributed by atoms with Crippen molar-refractivity contribution in [2.75, 3.05) is 13.1 Å². The Morgan fingerprint density at radius 2 is 1.81 bits per heavy atom. The van der Waals surface area contributed by atoms with Gasteiger partial charge in [-0.3, -0.25) is 4.79 Å². The Morgan fingerprint density at radius 1 is 1.12 bits per heavy atom. The second-order valence-corrected chi connectivity index (χ2v) is 9.58. The Labute approximate surface area is 157 Å². The Morgan fingerprint density at radius 3 is 2.46 bits per heavy atom. The molecule has 0 radical (unpaired) electrons. The van der Waals surface area contributed by atoms with Gasteiger partial charge in [0.25, 0.3) is 0 Å². The molecule has 1 saturated heterocycles. The van der Waals surface area contributed by atoms with Crippen LogP contribution < -0.4 is 5.32 Å². The molecule has 0 unspecified atom stereocenters. The van der Waals surface area contributed by atoms with E-state index in [0.29, 0.717) is 30.4 Å². The molecule has 1 aliphatic heterocycles. The molecule has 2 atom stereocenters. The summed E-state index contributed by atoms with van der Waals surface area (Å²) in [6.45, 7) is 3.09. The van der Waals surface area contributed by atoms with Gasteiger partial charge in [0.1, 0.15) is 0 Å². The molecule has 2 aliphatic rings. The number of piperidine rings is 1. The summed E-state index contributed by atoms with van der Waals surface area (Å²) in [5.74, 6) is 0.639. The van der Waals surface area contributed by atoms with E-state index in [1.807, 2.05) is 6.07 Å². The monoisotopic (exact) mass is 378 g/mol. The summed E-state index contributed by atoms with van der Waals surface area (Å²) in [5, 5.41) is 3.17. The van der Waals surface area contributed by atoms with Gasteiger partial charge < -0.3 is 5.32 Å². The zero-order valence-electron chi connectivity index (χ0n) is 15.6. The Balaban J connectivity index is 1.60. The van der Waals surface area contributed by atoms with E-state index in [0.717, 1.165) is 25.7 Å². The van der Waals surface area contributed by atoms with E-state index in [9.17, 15) is 13.2 Å². The van der Waals surface area contributed by atoms with Crippen molar-refractivity contribution >= 4 is 15.9 Å². The average molecular weight is 379 g/mol. The van der Waals surface area contributed by atoms with Gasteiger partial charge in [-0.1, -0.05) is 44.4 Å². The Kier molecular flexibility index (Phi) is 6.35. The van der Waals surface area contributed by atoms with Gasteiger partial charge in [0.15, 0.2) is 0 Å². The van der Waals surface area contributed by atoms with Crippen molar-refractivity contribution in [2.24, 2.45) is 11.8 Å². The summed E-state index contributed by atoms with van der Waals surface area (Å²) >= 11 is 0. The van der Waals surface area contributed by atoms with Crippen LogP contribution in [0.3, 0.4) is 0 Å². The number of rotatable bonds is 6. The number of carbonyl (C=O) groups is 1. The minimum atomic E-state index is -3.44. The molecule has 2 fully saturated rings. The maximum Gasteiger partial charge on any atom is 0.243 e. The van der Waals surface area contributed by atoms with E-state index >= 15 is 0 Å². The van der Waals surface area contributed by atoms with Crippen molar-refractivity contribution in [3.63, 3.8) is 0 Å². The van der Waals surface area contributed by atoms with Gasteiger partial charge in [0.05, 0.1) is 4.90 Å². The van der Waals surface area contributed by atoms with Gasteiger partial charge in [0.2, 0.25) is 15.9 Å². The fraction of sp³-hybridized carbons (Fsp3) is 0.650. The first kappa shape index (κ1) is 19.4. The smallest absolute Gasteiger partial charge is 0.243 e. The molecular formula is C20H30N2O3S. The van der Waals surface area contributed by atoms with Crippen LogP contribution in [0.2, 0.25) is 0 Å². The molecule has 1 aromatic carbocycles. The molecule has 26 heavy (non-hydrogen) atoms. The fourth-order valence-electron chi connectivity index (χ4n) is 4.33. The van der Waals surface area contributed by atoms with Crippen molar-refractivity contribution in [1.29, 1.82) is 0 Å². The topological polar surface area (TPSA) is 66.5 Å². The number of nitrogens with zero attached hydrogens (tertiary/aromatic N) is 1. The predicted molar refractivity (Wildman–Crippen MR) is 102 cm³/mol. The van der Waals surface area contributed by atoms with Gasteiger partial charge >= 0.3 is 0 Å². The van der Waals surface area contributed by atoms with E-state index in [2.05, 4.69) is 12.2 Å². The summed E-state index contributed by atoms with van der Waals surface area (Å²) in [5.41, 5.74) is 0. The normalized spacial score (nSPS) is 25.3. The van der Waals surface area contributed by atoms with Crippen molar-refractivity contribution in [3.05, 3.63) is 30.3 Å². The van der Waals surface area contributed by atoms with E-state index in [1.54, 1.807) is 28.6 Å². The number of sulfonamides is 1. The molecule has 3 rings (SSSR count). The molecule has 1 aliphatic carbocycles. The largest absolute Gasteiger partial charge is 0.353 e. The molecule has 5 nitrogen and oxygen atoms in total. The molecule has 1 heterocycles. The summed E-state index contributed by atoms with van der Waals surface area (Å²) in [6, 6.07) is 8.98. The Bertz CT molecular complexity index is 699. The minimum absolute atomic E-state index is 0.139. The quantitative estimate of drug-likeness (QED) is 0.827. The third kappa shape index (κ3) is 4.46. The van der Waals surface area contributed by atoms with Gasteiger partial charge in [-0.15, -0.1) is 0 Å². The highest BCUT2D eigenvalue weighted by molar-refractivity contribution is 7.89. The fourth-order valence-corrected chi connectivity index (χ4v) is 5.87.